The fourth-order valence-corrected chi connectivity index (χ4v) is 2.92. The Morgan fingerprint density at radius 2 is 2.09 bits per heavy atom. The van der Waals surface area contributed by atoms with Gasteiger partial charge in [-0.3, -0.25) is 4.99 Å². The number of piperazine rings is 1. The Morgan fingerprint density at radius 3 is 2.73 bits per heavy atom. The average Bonchev–Trinajstić information content (AvgIpc) is 3.10. The highest BCUT2D eigenvalue weighted by atomic mass is 16.5. The molecule has 0 aliphatic carbocycles. The minimum Gasteiger partial charge on any atom is -0.376 e. The Morgan fingerprint density at radius 1 is 1.32 bits per heavy atom. The highest BCUT2D eigenvalue weighted by Gasteiger charge is 2.22. The first-order valence-corrected chi connectivity index (χ1v) is 7.96. The zero-order valence-electron chi connectivity index (χ0n) is 13.1. The molecule has 3 rings (SSSR count). The molecular formula is C15H24N6O. The molecule has 22 heavy (non-hydrogen) atoms. The molecular weight excluding hydrogens is 280 g/mol. The highest BCUT2D eigenvalue weighted by molar-refractivity contribution is 5.80. The lowest BCUT2D eigenvalue weighted by molar-refractivity contribution is 0.113. The van der Waals surface area contributed by atoms with E-state index in [1.807, 2.05) is 13.1 Å². The summed E-state index contributed by atoms with van der Waals surface area (Å²) in [6.45, 7) is 5.39. The summed E-state index contributed by atoms with van der Waals surface area (Å²) in [6, 6.07) is 1.84. The largest absolute Gasteiger partial charge is 0.376 e. The van der Waals surface area contributed by atoms with Crippen LogP contribution in [0, 0.1) is 0 Å². The van der Waals surface area contributed by atoms with Gasteiger partial charge in [-0.05, 0) is 18.9 Å². The van der Waals surface area contributed by atoms with Gasteiger partial charge in [0.15, 0.2) is 5.96 Å². The molecule has 0 spiro atoms. The van der Waals surface area contributed by atoms with Crippen molar-refractivity contribution in [1.29, 1.82) is 0 Å². The molecule has 0 amide bonds. The summed E-state index contributed by atoms with van der Waals surface area (Å²) in [6.07, 6.45) is 6.22. The van der Waals surface area contributed by atoms with Crippen molar-refractivity contribution in [2.45, 2.75) is 18.9 Å². The summed E-state index contributed by atoms with van der Waals surface area (Å²) >= 11 is 0. The van der Waals surface area contributed by atoms with Crippen molar-refractivity contribution in [3.05, 3.63) is 18.5 Å². The number of nitrogens with zero attached hydrogens (tertiary/aromatic N) is 5. The topological polar surface area (TPSA) is 65.9 Å². The SMILES string of the molecule is CN=C(NCC1CCCO1)N1CCN(c2ncccn2)CC1. The number of aromatic nitrogens is 2. The van der Waals surface area contributed by atoms with Crippen molar-refractivity contribution in [2.75, 3.05) is 51.3 Å². The summed E-state index contributed by atoms with van der Waals surface area (Å²) in [5.74, 6) is 1.77. The van der Waals surface area contributed by atoms with E-state index >= 15 is 0 Å². The molecule has 120 valence electrons. The van der Waals surface area contributed by atoms with Crippen molar-refractivity contribution in [1.82, 2.24) is 20.2 Å². The molecule has 1 atom stereocenters. The molecule has 0 bridgehead atoms. The zero-order valence-corrected chi connectivity index (χ0v) is 13.1. The van der Waals surface area contributed by atoms with Gasteiger partial charge in [-0.1, -0.05) is 0 Å². The minimum absolute atomic E-state index is 0.329. The summed E-state index contributed by atoms with van der Waals surface area (Å²) < 4.78 is 5.65. The first-order chi connectivity index (χ1) is 10.9. The Labute approximate surface area is 131 Å². The summed E-state index contributed by atoms with van der Waals surface area (Å²) in [5.41, 5.74) is 0. The van der Waals surface area contributed by atoms with Crippen LogP contribution in [0.1, 0.15) is 12.8 Å². The van der Waals surface area contributed by atoms with Gasteiger partial charge in [-0.15, -0.1) is 0 Å². The fourth-order valence-electron chi connectivity index (χ4n) is 2.92. The van der Waals surface area contributed by atoms with Gasteiger partial charge in [-0.2, -0.15) is 0 Å². The Hall–Kier alpha value is -1.89. The number of rotatable bonds is 3. The van der Waals surface area contributed by atoms with Crippen molar-refractivity contribution in [2.24, 2.45) is 4.99 Å². The van der Waals surface area contributed by atoms with Gasteiger partial charge in [0.2, 0.25) is 5.95 Å². The number of ether oxygens (including phenoxy) is 1. The van der Waals surface area contributed by atoms with Crippen molar-refractivity contribution >= 4 is 11.9 Å². The number of anilines is 1. The number of aliphatic imine (C=N–C) groups is 1. The monoisotopic (exact) mass is 304 g/mol. The molecule has 7 nitrogen and oxygen atoms in total. The minimum atomic E-state index is 0.329. The maximum absolute atomic E-state index is 5.65. The van der Waals surface area contributed by atoms with Crippen LogP contribution < -0.4 is 10.2 Å². The number of guanidine groups is 1. The number of nitrogens with one attached hydrogen (secondary N) is 1. The molecule has 0 aromatic carbocycles. The summed E-state index contributed by atoms with van der Waals surface area (Å²) in [4.78, 5) is 17.5. The summed E-state index contributed by atoms with van der Waals surface area (Å²) in [7, 11) is 1.84. The predicted molar refractivity (Wildman–Crippen MR) is 86.2 cm³/mol. The predicted octanol–water partition coefficient (Wildman–Crippen LogP) is 0.353. The van der Waals surface area contributed by atoms with E-state index in [0.717, 1.165) is 57.7 Å². The third-order valence-corrected chi connectivity index (χ3v) is 4.14. The molecule has 3 heterocycles. The van der Waals surface area contributed by atoms with Crippen LogP contribution in [0.3, 0.4) is 0 Å². The molecule has 1 aromatic heterocycles. The van der Waals surface area contributed by atoms with Crippen LogP contribution in [-0.2, 0) is 4.74 Å². The second kappa shape index (κ2) is 7.40. The second-order valence-corrected chi connectivity index (χ2v) is 5.59. The van der Waals surface area contributed by atoms with Crippen LogP contribution in [0.5, 0.6) is 0 Å². The molecule has 7 heteroatoms. The van der Waals surface area contributed by atoms with Crippen LogP contribution in [0.15, 0.2) is 23.5 Å². The van der Waals surface area contributed by atoms with Gasteiger partial charge in [0, 0.05) is 58.8 Å². The van der Waals surface area contributed by atoms with E-state index in [9.17, 15) is 0 Å². The van der Waals surface area contributed by atoms with E-state index < -0.39 is 0 Å². The third kappa shape index (κ3) is 3.65. The van der Waals surface area contributed by atoms with Gasteiger partial charge in [-0.25, -0.2) is 9.97 Å². The fraction of sp³-hybridized carbons (Fsp3) is 0.667. The van der Waals surface area contributed by atoms with Gasteiger partial charge in [0.1, 0.15) is 0 Å². The first-order valence-electron chi connectivity index (χ1n) is 7.96. The molecule has 2 aliphatic heterocycles. The Bertz CT molecular complexity index is 480. The van der Waals surface area contributed by atoms with Crippen LogP contribution in [0.2, 0.25) is 0 Å². The van der Waals surface area contributed by atoms with Gasteiger partial charge in [0.25, 0.3) is 0 Å². The highest BCUT2D eigenvalue weighted by Crippen LogP contribution is 2.12. The van der Waals surface area contributed by atoms with Gasteiger partial charge >= 0.3 is 0 Å². The molecule has 1 N–H and O–H groups in total. The standard InChI is InChI=1S/C15H24N6O/c1-16-14(19-12-13-4-2-11-22-13)20-7-9-21(10-8-20)15-17-5-3-6-18-15/h3,5-6,13H,2,4,7-12H2,1H3,(H,16,19). The number of hydrogen-bond acceptors (Lipinski definition) is 5. The molecule has 1 aromatic rings. The van der Waals surface area contributed by atoms with Crippen molar-refractivity contribution in [3.63, 3.8) is 0 Å². The van der Waals surface area contributed by atoms with Crippen LogP contribution in [-0.4, -0.2) is 73.3 Å². The van der Waals surface area contributed by atoms with E-state index in [-0.39, 0.29) is 0 Å². The smallest absolute Gasteiger partial charge is 0.225 e. The molecule has 0 radical (unpaired) electrons. The lowest BCUT2D eigenvalue weighted by Gasteiger charge is -2.36. The molecule has 2 saturated heterocycles. The molecule has 2 fully saturated rings. The average molecular weight is 304 g/mol. The Balaban J connectivity index is 1.48. The van der Waals surface area contributed by atoms with Gasteiger partial charge in [0.05, 0.1) is 6.10 Å². The Kier molecular flexibility index (Phi) is 5.05. The zero-order chi connectivity index (χ0) is 15.2. The maximum atomic E-state index is 5.65. The first kappa shape index (κ1) is 15.0. The second-order valence-electron chi connectivity index (χ2n) is 5.59. The van der Waals surface area contributed by atoms with E-state index in [2.05, 4.69) is 30.1 Å². The molecule has 2 aliphatic rings. The lowest BCUT2D eigenvalue weighted by atomic mass is 10.2. The maximum Gasteiger partial charge on any atom is 0.225 e. The quantitative estimate of drug-likeness (QED) is 0.642. The normalized spacial score (nSPS) is 23.0. The van der Waals surface area contributed by atoms with Gasteiger partial charge < -0.3 is 19.9 Å². The molecule has 0 saturated carbocycles. The molecule has 1 unspecified atom stereocenters. The lowest BCUT2D eigenvalue weighted by Crippen LogP contribution is -2.53. The van der Waals surface area contributed by atoms with Crippen LogP contribution in [0.25, 0.3) is 0 Å². The van der Waals surface area contributed by atoms with E-state index in [4.69, 9.17) is 4.74 Å². The van der Waals surface area contributed by atoms with E-state index in [1.165, 1.54) is 6.42 Å². The van der Waals surface area contributed by atoms with Crippen molar-refractivity contribution in [3.8, 4) is 0 Å². The van der Waals surface area contributed by atoms with Crippen LogP contribution in [0.4, 0.5) is 5.95 Å². The van der Waals surface area contributed by atoms with E-state index in [1.54, 1.807) is 12.4 Å². The van der Waals surface area contributed by atoms with Crippen molar-refractivity contribution < 1.29 is 4.74 Å². The summed E-state index contributed by atoms with van der Waals surface area (Å²) in [5, 5.41) is 3.44. The third-order valence-electron chi connectivity index (χ3n) is 4.14. The number of hydrogen-bond donors (Lipinski definition) is 1. The van der Waals surface area contributed by atoms with E-state index in [0.29, 0.717) is 6.10 Å². The van der Waals surface area contributed by atoms with Crippen LogP contribution >= 0.6 is 0 Å².